The number of carboxylic acid groups (broad SMARTS) is 1. The van der Waals surface area contributed by atoms with Gasteiger partial charge in [0.25, 0.3) is 0 Å². The Bertz CT molecular complexity index is 763. The van der Waals surface area contributed by atoms with Gasteiger partial charge in [0.05, 0.1) is 11.7 Å². The smallest absolute Gasteiger partial charge is 0.345 e. The van der Waals surface area contributed by atoms with E-state index in [-0.39, 0.29) is 12.3 Å². The maximum Gasteiger partial charge on any atom is 0.345 e. The third-order valence-electron chi connectivity index (χ3n) is 3.22. The van der Waals surface area contributed by atoms with Gasteiger partial charge >= 0.3 is 11.9 Å². The van der Waals surface area contributed by atoms with E-state index in [2.05, 4.69) is 5.10 Å². The van der Waals surface area contributed by atoms with Crippen LogP contribution in [-0.4, -0.2) is 38.8 Å². The Morgan fingerprint density at radius 2 is 2.00 bits per heavy atom. The monoisotopic (exact) mass is 304 g/mol. The van der Waals surface area contributed by atoms with Crippen LogP contribution in [-0.2, 0) is 20.7 Å². The molecule has 0 amide bonds. The van der Waals surface area contributed by atoms with Crippen molar-refractivity contribution < 1.29 is 24.2 Å². The summed E-state index contributed by atoms with van der Waals surface area (Å²) in [7, 11) is 0. The number of rotatable bonds is 4. The zero-order chi connectivity index (χ0) is 16.4. The molecule has 1 atom stereocenters. The summed E-state index contributed by atoms with van der Waals surface area (Å²) in [5.41, 5.74) is 2.18. The zero-order valence-corrected chi connectivity index (χ0v) is 12.5. The van der Waals surface area contributed by atoms with E-state index in [1.165, 1.54) is 18.5 Å². The van der Waals surface area contributed by atoms with Crippen molar-refractivity contribution in [3.8, 4) is 0 Å². The van der Waals surface area contributed by atoms with Crippen LogP contribution in [0.4, 0.5) is 0 Å². The van der Waals surface area contributed by atoms with Gasteiger partial charge in [-0.05, 0) is 24.1 Å². The topological polar surface area (TPSA) is 98.5 Å². The molecule has 7 nitrogen and oxygen atoms in total. The molecular formula is C15H16N2O5. The van der Waals surface area contributed by atoms with Gasteiger partial charge in [-0.15, -0.1) is 0 Å². The first-order chi connectivity index (χ1) is 10.3. The Morgan fingerprint density at radius 1 is 1.32 bits per heavy atom. The molecule has 1 unspecified atom stereocenters. The van der Waals surface area contributed by atoms with Gasteiger partial charge in [-0.3, -0.25) is 9.59 Å². The Hall–Kier alpha value is -2.70. The number of aliphatic carboxylic acids is 1. The van der Waals surface area contributed by atoms with Crippen molar-refractivity contribution in [1.29, 1.82) is 0 Å². The lowest BCUT2D eigenvalue weighted by atomic mass is 10.0. The summed E-state index contributed by atoms with van der Waals surface area (Å²) in [6, 6.07) is 3.51. The SMILES string of the molecule is CC(=O)OC(Cc1cc(C)c2c(cnn2C(C)=O)c1)C(=O)O. The average Bonchev–Trinajstić information content (AvgIpc) is 2.81. The number of hydrogen-bond donors (Lipinski definition) is 1. The van der Waals surface area contributed by atoms with Crippen molar-refractivity contribution in [3.63, 3.8) is 0 Å². The second-order valence-corrected chi connectivity index (χ2v) is 5.07. The van der Waals surface area contributed by atoms with Crippen LogP contribution < -0.4 is 0 Å². The molecule has 1 heterocycles. The molecule has 0 bridgehead atoms. The van der Waals surface area contributed by atoms with Gasteiger partial charge in [0.15, 0.2) is 0 Å². The van der Waals surface area contributed by atoms with Gasteiger partial charge in [-0.1, -0.05) is 6.07 Å². The van der Waals surface area contributed by atoms with E-state index >= 15 is 0 Å². The molecule has 22 heavy (non-hydrogen) atoms. The molecule has 0 radical (unpaired) electrons. The maximum absolute atomic E-state index is 11.5. The maximum atomic E-state index is 11.5. The van der Waals surface area contributed by atoms with E-state index in [0.29, 0.717) is 11.1 Å². The Morgan fingerprint density at radius 3 is 2.55 bits per heavy atom. The van der Waals surface area contributed by atoms with Crippen LogP contribution in [0.1, 0.15) is 29.8 Å². The summed E-state index contributed by atoms with van der Waals surface area (Å²) in [6.45, 7) is 4.40. The minimum Gasteiger partial charge on any atom is -0.478 e. The predicted molar refractivity (Wildman–Crippen MR) is 77.7 cm³/mol. The quantitative estimate of drug-likeness (QED) is 0.861. The van der Waals surface area contributed by atoms with Crippen molar-refractivity contribution in [3.05, 3.63) is 29.5 Å². The van der Waals surface area contributed by atoms with Crippen LogP contribution in [0.2, 0.25) is 0 Å². The molecule has 0 aliphatic carbocycles. The van der Waals surface area contributed by atoms with Crippen LogP contribution >= 0.6 is 0 Å². The van der Waals surface area contributed by atoms with Crippen LogP contribution in [0.25, 0.3) is 10.9 Å². The fraction of sp³-hybridized carbons (Fsp3) is 0.333. The molecule has 2 aromatic rings. The lowest BCUT2D eigenvalue weighted by Gasteiger charge is -2.13. The van der Waals surface area contributed by atoms with E-state index in [4.69, 9.17) is 9.84 Å². The summed E-state index contributed by atoms with van der Waals surface area (Å²) in [4.78, 5) is 33.6. The van der Waals surface area contributed by atoms with Gasteiger partial charge in [0, 0.05) is 25.7 Å². The third-order valence-corrected chi connectivity index (χ3v) is 3.22. The van der Waals surface area contributed by atoms with Crippen molar-refractivity contribution in [2.75, 3.05) is 0 Å². The van der Waals surface area contributed by atoms with E-state index in [1.807, 2.05) is 6.92 Å². The van der Waals surface area contributed by atoms with Gasteiger partial charge in [-0.25, -0.2) is 9.48 Å². The van der Waals surface area contributed by atoms with Crippen molar-refractivity contribution >= 4 is 28.7 Å². The van der Waals surface area contributed by atoms with Crippen LogP contribution in [0.5, 0.6) is 0 Å². The van der Waals surface area contributed by atoms with Gasteiger partial charge in [-0.2, -0.15) is 5.10 Å². The summed E-state index contributed by atoms with van der Waals surface area (Å²) >= 11 is 0. The summed E-state index contributed by atoms with van der Waals surface area (Å²) in [5, 5.41) is 13.9. The molecule has 1 N–H and O–H groups in total. The molecule has 0 fully saturated rings. The van der Waals surface area contributed by atoms with Crippen molar-refractivity contribution in [2.45, 2.75) is 33.3 Å². The molecule has 1 aromatic heterocycles. The number of hydrogen-bond acceptors (Lipinski definition) is 5. The molecule has 0 saturated heterocycles. The number of aryl methyl sites for hydroxylation is 1. The highest BCUT2D eigenvalue weighted by Crippen LogP contribution is 2.22. The molecule has 1 aromatic carbocycles. The minimum absolute atomic E-state index is 0.0525. The highest BCUT2D eigenvalue weighted by Gasteiger charge is 2.22. The van der Waals surface area contributed by atoms with E-state index in [9.17, 15) is 14.4 Å². The lowest BCUT2D eigenvalue weighted by Crippen LogP contribution is -2.28. The van der Waals surface area contributed by atoms with Crippen LogP contribution in [0.15, 0.2) is 18.3 Å². The summed E-state index contributed by atoms with van der Waals surface area (Å²) in [5.74, 6) is -2.05. The number of nitrogens with zero attached hydrogens (tertiary/aromatic N) is 2. The second-order valence-electron chi connectivity index (χ2n) is 5.07. The third kappa shape index (κ3) is 3.13. The zero-order valence-electron chi connectivity index (χ0n) is 12.5. The minimum atomic E-state index is -1.24. The summed E-state index contributed by atoms with van der Waals surface area (Å²) in [6.07, 6.45) is 0.364. The van der Waals surface area contributed by atoms with Crippen LogP contribution in [0, 0.1) is 6.92 Å². The number of esters is 1. The second kappa shape index (κ2) is 5.97. The number of carboxylic acids is 1. The molecule has 116 valence electrons. The highest BCUT2D eigenvalue weighted by atomic mass is 16.6. The molecule has 0 spiro atoms. The Balaban J connectivity index is 2.39. The number of carbonyl (C=O) groups is 3. The number of fused-ring (bicyclic) bond motifs is 1. The van der Waals surface area contributed by atoms with Crippen molar-refractivity contribution in [1.82, 2.24) is 9.78 Å². The standard InChI is InChI=1S/C15H16N2O5/c1-8-4-11(6-13(15(20)21)22-10(3)19)5-12-7-16-17(9(2)18)14(8)12/h4-5,7,13H,6H2,1-3H3,(H,20,21). The molecule has 7 heteroatoms. The summed E-state index contributed by atoms with van der Waals surface area (Å²) < 4.78 is 6.10. The first-order valence-electron chi connectivity index (χ1n) is 6.68. The first kappa shape index (κ1) is 15.7. The Kier molecular flexibility index (Phi) is 4.25. The number of ether oxygens (including phenoxy) is 1. The molecule has 2 rings (SSSR count). The number of benzene rings is 1. The largest absolute Gasteiger partial charge is 0.478 e. The van der Waals surface area contributed by atoms with Gasteiger partial charge in [0.2, 0.25) is 12.0 Å². The molecule has 0 aliphatic heterocycles. The molecular weight excluding hydrogens is 288 g/mol. The normalized spacial score (nSPS) is 12.1. The fourth-order valence-corrected chi connectivity index (χ4v) is 2.40. The van der Waals surface area contributed by atoms with E-state index < -0.39 is 18.0 Å². The average molecular weight is 304 g/mol. The van der Waals surface area contributed by atoms with E-state index in [1.54, 1.807) is 18.3 Å². The molecule has 0 aliphatic rings. The number of carbonyl (C=O) groups excluding carboxylic acids is 2. The molecule has 0 saturated carbocycles. The highest BCUT2D eigenvalue weighted by molar-refractivity contribution is 5.92. The fourth-order valence-electron chi connectivity index (χ4n) is 2.40. The first-order valence-corrected chi connectivity index (χ1v) is 6.68. The number of aromatic nitrogens is 2. The van der Waals surface area contributed by atoms with Gasteiger partial charge < -0.3 is 9.84 Å². The van der Waals surface area contributed by atoms with Crippen molar-refractivity contribution in [2.24, 2.45) is 0 Å². The van der Waals surface area contributed by atoms with Crippen LogP contribution in [0.3, 0.4) is 0 Å². The lowest BCUT2D eigenvalue weighted by molar-refractivity contribution is -0.162. The Labute approximate surface area is 126 Å². The predicted octanol–water partition coefficient (Wildman–Crippen LogP) is 1.56. The van der Waals surface area contributed by atoms with E-state index in [0.717, 1.165) is 10.9 Å². The van der Waals surface area contributed by atoms with Gasteiger partial charge in [0.1, 0.15) is 0 Å².